The van der Waals surface area contributed by atoms with Gasteiger partial charge in [-0.2, -0.15) is 0 Å². The van der Waals surface area contributed by atoms with Crippen molar-refractivity contribution in [1.29, 1.82) is 0 Å². The molecule has 0 unspecified atom stereocenters. The Morgan fingerprint density at radius 1 is 1.75 bits per heavy atom. The lowest BCUT2D eigenvalue weighted by Crippen LogP contribution is -2.00. The Kier molecular flexibility index (Phi) is 2.65. The van der Waals surface area contributed by atoms with E-state index in [1.54, 1.807) is 7.05 Å². The summed E-state index contributed by atoms with van der Waals surface area (Å²) in [6.45, 7) is 1.92. The highest BCUT2D eigenvalue weighted by atomic mass is 32.1. The smallest absolute Gasteiger partial charge is 0.355 e. The van der Waals surface area contributed by atoms with Crippen LogP contribution in [0.25, 0.3) is 0 Å². The molecule has 2 N–H and O–H groups in total. The molecule has 0 saturated carbocycles. The summed E-state index contributed by atoms with van der Waals surface area (Å²) in [7, 11) is 1.73. The van der Waals surface area contributed by atoms with Crippen molar-refractivity contribution in [2.24, 2.45) is 0 Å². The third kappa shape index (κ3) is 1.55. The monoisotopic (exact) mass is 186 g/mol. The van der Waals surface area contributed by atoms with E-state index in [0.717, 1.165) is 4.88 Å². The predicted octanol–water partition coefficient (Wildman–Crippen LogP) is 1.45. The molecule has 0 aliphatic carbocycles. The molecule has 0 radical (unpaired) electrons. The third-order valence-electron chi connectivity index (χ3n) is 1.43. The zero-order valence-electron chi connectivity index (χ0n) is 6.92. The molecule has 0 fully saturated rings. The van der Waals surface area contributed by atoms with Crippen LogP contribution in [0.2, 0.25) is 0 Å². The molecule has 1 aromatic rings. The van der Waals surface area contributed by atoms with Crippen LogP contribution >= 0.6 is 11.3 Å². The number of nitrogens with one attached hydrogen (secondary N) is 1. The molecule has 66 valence electrons. The first-order chi connectivity index (χ1) is 5.69. The normalized spacial score (nSPS) is 9.83. The molecule has 5 heteroatoms. The van der Waals surface area contributed by atoms with E-state index in [4.69, 9.17) is 5.11 Å². The zero-order chi connectivity index (χ0) is 9.14. The summed E-state index contributed by atoms with van der Waals surface area (Å²) in [5.41, 5.74) is 0.173. The van der Waals surface area contributed by atoms with E-state index in [1.165, 1.54) is 11.3 Å². The Bertz CT molecular complexity index is 296. The first-order valence-corrected chi connectivity index (χ1v) is 4.41. The molecule has 0 saturated heterocycles. The van der Waals surface area contributed by atoms with Gasteiger partial charge in [-0.25, -0.2) is 9.78 Å². The lowest BCUT2D eigenvalue weighted by Gasteiger charge is -1.89. The number of thiazole rings is 1. The first-order valence-electron chi connectivity index (χ1n) is 3.59. The van der Waals surface area contributed by atoms with Crippen molar-refractivity contribution in [3.8, 4) is 0 Å². The maximum absolute atomic E-state index is 10.6. The second-order valence-corrected chi connectivity index (χ2v) is 3.28. The van der Waals surface area contributed by atoms with Crippen molar-refractivity contribution < 1.29 is 9.90 Å². The van der Waals surface area contributed by atoms with Gasteiger partial charge in [0.05, 0.1) is 0 Å². The van der Waals surface area contributed by atoms with Gasteiger partial charge in [-0.3, -0.25) is 0 Å². The SMILES string of the molecule is CCc1sc(NC)nc1C(=O)O. The molecule has 4 nitrogen and oxygen atoms in total. The number of hydrogen-bond donors (Lipinski definition) is 2. The Morgan fingerprint density at radius 2 is 2.42 bits per heavy atom. The zero-order valence-corrected chi connectivity index (χ0v) is 7.73. The minimum absolute atomic E-state index is 0.173. The fourth-order valence-electron chi connectivity index (χ4n) is 0.865. The van der Waals surface area contributed by atoms with Gasteiger partial charge in [0.25, 0.3) is 0 Å². The van der Waals surface area contributed by atoms with Crippen molar-refractivity contribution >= 4 is 22.4 Å². The van der Waals surface area contributed by atoms with Gasteiger partial charge >= 0.3 is 5.97 Å². The second kappa shape index (κ2) is 3.53. The van der Waals surface area contributed by atoms with Crippen molar-refractivity contribution in [2.75, 3.05) is 12.4 Å². The van der Waals surface area contributed by atoms with E-state index in [9.17, 15) is 4.79 Å². The van der Waals surface area contributed by atoms with Crippen molar-refractivity contribution in [1.82, 2.24) is 4.98 Å². The van der Waals surface area contributed by atoms with Crippen LogP contribution in [0.1, 0.15) is 22.3 Å². The molecule has 0 aliphatic rings. The molecule has 12 heavy (non-hydrogen) atoms. The van der Waals surface area contributed by atoms with Crippen LogP contribution in [0.3, 0.4) is 0 Å². The summed E-state index contributed by atoms with van der Waals surface area (Å²) in [5, 5.41) is 12.2. The fraction of sp³-hybridized carbons (Fsp3) is 0.429. The van der Waals surface area contributed by atoms with Crippen molar-refractivity contribution in [3.63, 3.8) is 0 Å². The molecule has 0 amide bonds. The molecule has 1 aromatic heterocycles. The molecule has 0 spiro atoms. The Morgan fingerprint density at radius 3 is 2.75 bits per heavy atom. The second-order valence-electron chi connectivity index (χ2n) is 2.20. The van der Waals surface area contributed by atoms with Crippen LogP contribution in [0.4, 0.5) is 5.13 Å². The van der Waals surface area contributed by atoms with Crippen molar-refractivity contribution in [3.05, 3.63) is 10.6 Å². The standard InChI is InChI=1S/C7H10N2O2S/c1-3-4-5(6(10)11)9-7(8-2)12-4/h3H2,1-2H3,(H,8,9)(H,10,11). The van der Waals surface area contributed by atoms with Gasteiger partial charge in [0, 0.05) is 11.9 Å². The minimum Gasteiger partial charge on any atom is -0.476 e. The number of carbonyl (C=O) groups is 1. The number of nitrogens with zero attached hydrogens (tertiary/aromatic N) is 1. The molecular weight excluding hydrogens is 176 g/mol. The van der Waals surface area contributed by atoms with Gasteiger partial charge in [0.2, 0.25) is 0 Å². The lowest BCUT2D eigenvalue weighted by molar-refractivity contribution is 0.0690. The number of aromatic nitrogens is 1. The maximum atomic E-state index is 10.6. The molecule has 1 rings (SSSR count). The van der Waals surface area contributed by atoms with E-state index < -0.39 is 5.97 Å². The largest absolute Gasteiger partial charge is 0.476 e. The maximum Gasteiger partial charge on any atom is 0.355 e. The van der Waals surface area contributed by atoms with Gasteiger partial charge in [-0.1, -0.05) is 6.92 Å². The fourth-order valence-corrected chi connectivity index (χ4v) is 1.71. The Balaban J connectivity index is 3.08. The molecule has 0 aromatic carbocycles. The lowest BCUT2D eigenvalue weighted by atomic mass is 10.3. The van der Waals surface area contributed by atoms with Crippen LogP contribution in [0.5, 0.6) is 0 Å². The number of rotatable bonds is 3. The van der Waals surface area contributed by atoms with E-state index in [1.807, 2.05) is 6.92 Å². The number of carboxylic acid groups (broad SMARTS) is 1. The Labute approximate surface area is 74.3 Å². The van der Waals surface area contributed by atoms with Crippen LogP contribution in [0, 0.1) is 0 Å². The third-order valence-corrected chi connectivity index (χ3v) is 2.65. The van der Waals surface area contributed by atoms with Crippen LogP contribution < -0.4 is 5.32 Å². The number of anilines is 1. The summed E-state index contributed by atoms with van der Waals surface area (Å²) in [5.74, 6) is -0.954. The summed E-state index contributed by atoms with van der Waals surface area (Å²) in [6.07, 6.45) is 0.709. The van der Waals surface area contributed by atoms with Gasteiger partial charge in [0.1, 0.15) is 0 Å². The molecule has 0 atom stereocenters. The quantitative estimate of drug-likeness (QED) is 0.750. The highest BCUT2D eigenvalue weighted by Gasteiger charge is 2.14. The van der Waals surface area contributed by atoms with E-state index in [0.29, 0.717) is 11.6 Å². The van der Waals surface area contributed by atoms with Crippen LogP contribution in [-0.2, 0) is 6.42 Å². The topological polar surface area (TPSA) is 62.2 Å². The molecular formula is C7H10N2O2S. The highest BCUT2D eigenvalue weighted by molar-refractivity contribution is 7.15. The predicted molar refractivity (Wildman–Crippen MR) is 48.0 cm³/mol. The number of hydrogen-bond acceptors (Lipinski definition) is 4. The van der Waals surface area contributed by atoms with E-state index in [2.05, 4.69) is 10.3 Å². The van der Waals surface area contributed by atoms with E-state index >= 15 is 0 Å². The minimum atomic E-state index is -0.954. The summed E-state index contributed by atoms with van der Waals surface area (Å²) in [4.78, 5) is 15.3. The average molecular weight is 186 g/mol. The summed E-state index contributed by atoms with van der Waals surface area (Å²) >= 11 is 1.38. The first kappa shape index (κ1) is 8.99. The summed E-state index contributed by atoms with van der Waals surface area (Å²) < 4.78 is 0. The van der Waals surface area contributed by atoms with Crippen molar-refractivity contribution in [2.45, 2.75) is 13.3 Å². The van der Waals surface area contributed by atoms with E-state index in [-0.39, 0.29) is 5.69 Å². The molecule has 0 bridgehead atoms. The van der Waals surface area contributed by atoms with Gasteiger partial charge in [0.15, 0.2) is 10.8 Å². The van der Waals surface area contributed by atoms with Crippen LogP contribution in [-0.4, -0.2) is 23.1 Å². The number of carboxylic acids is 1. The Hall–Kier alpha value is -1.10. The highest BCUT2D eigenvalue weighted by Crippen LogP contribution is 2.22. The summed E-state index contributed by atoms with van der Waals surface area (Å²) in [6, 6.07) is 0. The number of aromatic carboxylic acids is 1. The van der Waals surface area contributed by atoms with Gasteiger partial charge in [-0.05, 0) is 6.42 Å². The molecule has 0 aliphatic heterocycles. The van der Waals surface area contributed by atoms with Gasteiger partial charge < -0.3 is 10.4 Å². The molecule has 1 heterocycles. The van der Waals surface area contributed by atoms with Crippen LogP contribution in [0.15, 0.2) is 0 Å². The number of aryl methyl sites for hydroxylation is 1. The average Bonchev–Trinajstić information content (AvgIpc) is 2.47. The van der Waals surface area contributed by atoms with Gasteiger partial charge in [-0.15, -0.1) is 11.3 Å².